The number of carboxylic acids is 1. The molecule has 0 bridgehead atoms. The van der Waals surface area contributed by atoms with Crippen molar-refractivity contribution >= 4 is 11.8 Å². The van der Waals surface area contributed by atoms with Crippen molar-refractivity contribution in [3.05, 3.63) is 41.5 Å². The summed E-state index contributed by atoms with van der Waals surface area (Å²) < 4.78 is 17.5. The van der Waals surface area contributed by atoms with Crippen molar-refractivity contribution < 1.29 is 23.8 Å². The first-order valence-electron chi connectivity index (χ1n) is 6.76. The first-order valence-corrected chi connectivity index (χ1v) is 6.76. The summed E-state index contributed by atoms with van der Waals surface area (Å²) >= 11 is 0. The monoisotopic (exact) mass is 294 g/mol. The fourth-order valence-electron chi connectivity index (χ4n) is 1.87. The zero-order valence-electron chi connectivity index (χ0n) is 12.1. The second-order valence-corrected chi connectivity index (χ2v) is 4.58. The third-order valence-corrected chi connectivity index (χ3v) is 2.95. The quantitative estimate of drug-likeness (QED) is 0.585. The number of carbonyl (C=O) groups is 2. The molecule has 0 aromatic heterocycles. The Balaban J connectivity index is 2.50. The number of ether oxygens (including phenoxy) is 1. The van der Waals surface area contributed by atoms with Crippen LogP contribution in [0.1, 0.15) is 43.5 Å². The molecule has 0 amide bonds. The van der Waals surface area contributed by atoms with E-state index in [1.807, 2.05) is 0 Å². The van der Waals surface area contributed by atoms with Crippen LogP contribution >= 0.6 is 0 Å². The first-order chi connectivity index (χ1) is 9.93. The van der Waals surface area contributed by atoms with Gasteiger partial charge in [0.1, 0.15) is 5.75 Å². The highest BCUT2D eigenvalue weighted by atomic mass is 19.1. The molecule has 0 aliphatic heterocycles. The Bertz CT molecular complexity index is 518. The lowest BCUT2D eigenvalue weighted by atomic mass is 10.0. The molecule has 0 aliphatic carbocycles. The number of rotatable bonds is 8. The van der Waals surface area contributed by atoms with E-state index in [0.717, 1.165) is 0 Å². The van der Waals surface area contributed by atoms with E-state index in [4.69, 9.17) is 9.84 Å². The number of alkyl halides is 1. The summed E-state index contributed by atoms with van der Waals surface area (Å²) in [4.78, 5) is 22.7. The molecule has 1 N–H and O–H groups in total. The lowest BCUT2D eigenvalue weighted by molar-refractivity contribution is -0.132. The molecule has 0 aliphatic rings. The summed E-state index contributed by atoms with van der Waals surface area (Å²) in [6, 6.07) is 6.23. The molecule has 0 heterocycles. The second kappa shape index (κ2) is 8.19. The summed E-state index contributed by atoms with van der Waals surface area (Å²) in [6.07, 6.45) is 1.24. The Labute approximate surface area is 123 Å². The minimum Gasteiger partial charge on any atom is -0.478 e. The predicted molar refractivity (Wildman–Crippen MR) is 77.2 cm³/mol. The molecular weight excluding hydrogens is 275 g/mol. The molecule has 0 radical (unpaired) electrons. The maximum absolute atomic E-state index is 12.6. The number of carboxylic acid groups (broad SMARTS) is 1. The Hall–Kier alpha value is -2.17. The van der Waals surface area contributed by atoms with Crippen LogP contribution in [0.15, 0.2) is 35.9 Å². The highest BCUT2D eigenvalue weighted by Gasteiger charge is 2.10. The number of hydrogen-bond donors (Lipinski definition) is 1. The van der Waals surface area contributed by atoms with E-state index in [9.17, 15) is 14.0 Å². The Kier molecular flexibility index (Phi) is 6.59. The average Bonchev–Trinajstić information content (AvgIpc) is 2.43. The smallest absolute Gasteiger partial charge is 0.331 e. The van der Waals surface area contributed by atoms with Gasteiger partial charge in [-0.15, -0.1) is 0 Å². The van der Waals surface area contributed by atoms with Crippen LogP contribution in [0.4, 0.5) is 4.39 Å². The topological polar surface area (TPSA) is 63.6 Å². The highest BCUT2D eigenvalue weighted by Crippen LogP contribution is 2.17. The van der Waals surface area contributed by atoms with Crippen LogP contribution < -0.4 is 4.74 Å². The lowest BCUT2D eigenvalue weighted by Crippen LogP contribution is -2.05. The number of Topliss-reactive ketones (excluding diaryl/α,β-unsaturated/α-hetero) is 1. The Morgan fingerprint density at radius 3 is 2.38 bits per heavy atom. The van der Waals surface area contributed by atoms with E-state index >= 15 is 0 Å². The van der Waals surface area contributed by atoms with E-state index in [1.54, 1.807) is 19.1 Å². The van der Waals surface area contributed by atoms with E-state index < -0.39 is 12.3 Å². The number of hydrogen-bond acceptors (Lipinski definition) is 3. The van der Waals surface area contributed by atoms with Gasteiger partial charge in [0, 0.05) is 24.5 Å². The maximum atomic E-state index is 12.6. The summed E-state index contributed by atoms with van der Waals surface area (Å²) in [5.41, 5.74) is 0.815. The molecule has 1 atom stereocenters. The van der Waals surface area contributed by atoms with E-state index in [-0.39, 0.29) is 12.2 Å². The third kappa shape index (κ3) is 5.77. The van der Waals surface area contributed by atoms with Gasteiger partial charge in [-0.1, -0.05) is 6.08 Å². The van der Waals surface area contributed by atoms with Crippen molar-refractivity contribution in [1.82, 2.24) is 0 Å². The molecule has 0 saturated heterocycles. The van der Waals surface area contributed by atoms with E-state index in [0.29, 0.717) is 29.7 Å². The molecule has 1 aromatic rings. The molecule has 114 valence electrons. The molecule has 1 aromatic carbocycles. The number of aliphatic carboxylic acids is 1. The van der Waals surface area contributed by atoms with Gasteiger partial charge in [0.15, 0.2) is 5.78 Å². The van der Waals surface area contributed by atoms with Gasteiger partial charge in [0.05, 0.1) is 0 Å². The summed E-state index contributed by atoms with van der Waals surface area (Å²) in [6.45, 7) is 2.94. The minimum atomic E-state index is -1.40. The molecule has 0 spiro atoms. The summed E-state index contributed by atoms with van der Waals surface area (Å²) in [5.74, 6) is -0.661. The zero-order valence-corrected chi connectivity index (χ0v) is 12.1. The predicted octanol–water partition coefficient (Wildman–Crippen LogP) is 3.76. The number of halogens is 1. The Morgan fingerprint density at radius 1 is 1.29 bits per heavy atom. The molecule has 21 heavy (non-hydrogen) atoms. The minimum absolute atomic E-state index is 0.0734. The normalized spacial score (nSPS) is 12.8. The average molecular weight is 294 g/mol. The van der Waals surface area contributed by atoms with Crippen LogP contribution in [0.5, 0.6) is 5.75 Å². The van der Waals surface area contributed by atoms with Gasteiger partial charge in [-0.25, -0.2) is 9.18 Å². The number of ketones is 1. The zero-order chi connectivity index (χ0) is 15.8. The van der Waals surface area contributed by atoms with Gasteiger partial charge in [-0.2, -0.15) is 0 Å². The van der Waals surface area contributed by atoms with Gasteiger partial charge >= 0.3 is 5.97 Å². The molecule has 1 rings (SSSR count). The van der Waals surface area contributed by atoms with Crippen LogP contribution in [0, 0.1) is 0 Å². The fourth-order valence-corrected chi connectivity index (χ4v) is 1.87. The van der Waals surface area contributed by atoms with Gasteiger partial charge in [-0.3, -0.25) is 4.79 Å². The molecule has 0 saturated carbocycles. The van der Waals surface area contributed by atoms with Crippen LogP contribution in [0.2, 0.25) is 0 Å². The molecule has 4 nitrogen and oxygen atoms in total. The molecule has 0 fully saturated rings. The summed E-state index contributed by atoms with van der Waals surface area (Å²) in [5, 5.41) is 8.86. The maximum Gasteiger partial charge on any atom is 0.331 e. The van der Waals surface area contributed by atoms with E-state index in [1.165, 1.54) is 25.1 Å². The van der Waals surface area contributed by atoms with Crippen LogP contribution in [0.25, 0.3) is 0 Å². The number of allylic oxidation sites excluding steroid dienone is 1. The third-order valence-electron chi connectivity index (χ3n) is 2.95. The molecule has 5 heteroatoms. The number of benzene rings is 1. The lowest BCUT2D eigenvalue weighted by Gasteiger charge is -2.07. The van der Waals surface area contributed by atoms with Crippen molar-refractivity contribution in [2.45, 2.75) is 39.5 Å². The van der Waals surface area contributed by atoms with Gasteiger partial charge in [0.25, 0.3) is 0 Å². The van der Waals surface area contributed by atoms with Crippen LogP contribution in [-0.4, -0.2) is 23.2 Å². The largest absolute Gasteiger partial charge is 0.478 e. The van der Waals surface area contributed by atoms with Crippen molar-refractivity contribution in [3.8, 4) is 5.75 Å². The van der Waals surface area contributed by atoms with Gasteiger partial charge in [0.2, 0.25) is 6.36 Å². The first kappa shape index (κ1) is 16.9. The number of carbonyl (C=O) groups excluding carboxylic acids is 1. The SMILES string of the molecule is C/C=C(/CCCC(=O)c1ccc(OC(C)F)cc1)C(=O)O. The van der Waals surface area contributed by atoms with Crippen molar-refractivity contribution in [1.29, 1.82) is 0 Å². The van der Waals surface area contributed by atoms with E-state index in [2.05, 4.69) is 0 Å². The Morgan fingerprint density at radius 2 is 1.90 bits per heavy atom. The standard InChI is InChI=1S/C16H19FO4/c1-3-12(16(19)20)5-4-6-15(18)13-7-9-14(10-8-13)21-11(2)17/h3,7-11H,4-6H2,1-2H3,(H,19,20)/b12-3-. The van der Waals surface area contributed by atoms with Crippen LogP contribution in [0.3, 0.4) is 0 Å². The summed E-state index contributed by atoms with van der Waals surface area (Å²) in [7, 11) is 0. The second-order valence-electron chi connectivity index (χ2n) is 4.58. The molecular formula is C16H19FO4. The highest BCUT2D eigenvalue weighted by molar-refractivity contribution is 5.96. The van der Waals surface area contributed by atoms with Crippen molar-refractivity contribution in [2.75, 3.05) is 0 Å². The van der Waals surface area contributed by atoms with Gasteiger partial charge in [-0.05, 0) is 44.0 Å². The fraction of sp³-hybridized carbons (Fsp3) is 0.375. The van der Waals surface area contributed by atoms with Crippen molar-refractivity contribution in [3.63, 3.8) is 0 Å². The molecule has 1 unspecified atom stereocenters. The van der Waals surface area contributed by atoms with Crippen LogP contribution in [-0.2, 0) is 4.79 Å². The van der Waals surface area contributed by atoms with Gasteiger partial charge < -0.3 is 9.84 Å². The van der Waals surface area contributed by atoms with Crippen molar-refractivity contribution in [2.24, 2.45) is 0 Å².